The van der Waals surface area contributed by atoms with Gasteiger partial charge >= 0.3 is 0 Å². The average Bonchev–Trinajstić information content (AvgIpc) is 2.17. The number of hydrogen-bond acceptors (Lipinski definition) is 2. The van der Waals surface area contributed by atoms with E-state index in [0.717, 1.165) is 6.54 Å². The quantitative estimate of drug-likeness (QED) is 0.663. The Morgan fingerprint density at radius 3 is 2.85 bits per heavy atom. The van der Waals surface area contributed by atoms with E-state index in [1.54, 1.807) is 0 Å². The Hall–Kier alpha value is -0.370. The first-order valence-electron chi connectivity index (χ1n) is 5.54. The highest BCUT2D eigenvalue weighted by Gasteiger charge is 2.22. The van der Waals surface area contributed by atoms with E-state index in [9.17, 15) is 0 Å². The third-order valence-electron chi connectivity index (χ3n) is 2.82. The molecule has 0 heterocycles. The topological polar surface area (TPSA) is 24.4 Å². The molecule has 2 atom stereocenters. The summed E-state index contributed by atoms with van der Waals surface area (Å²) in [5.41, 5.74) is 0. The van der Waals surface area contributed by atoms with Crippen LogP contribution >= 0.6 is 0 Å². The second-order valence-corrected chi connectivity index (χ2v) is 3.92. The molecule has 0 saturated heterocycles. The fourth-order valence-corrected chi connectivity index (χ4v) is 2.11. The molecule has 0 radical (unpaired) electrons. The molecule has 1 aliphatic rings. The van der Waals surface area contributed by atoms with Gasteiger partial charge in [-0.25, -0.2) is 0 Å². The monoisotopic (exact) mass is 182 g/mol. The Morgan fingerprint density at radius 1 is 1.38 bits per heavy atom. The van der Waals surface area contributed by atoms with Crippen molar-refractivity contribution in [1.29, 1.82) is 0 Å². The first-order valence-corrected chi connectivity index (χ1v) is 5.54. The number of rotatable bonds is 4. The molecule has 1 rings (SSSR count). The highest BCUT2D eigenvalue weighted by Crippen LogP contribution is 2.22. The summed E-state index contributed by atoms with van der Waals surface area (Å²) in [4.78, 5) is 4.15. The smallest absolute Gasteiger partial charge is 0.0273 e. The number of aliphatic imine (C=N–C) groups is 1. The first-order chi connectivity index (χ1) is 6.38. The van der Waals surface area contributed by atoms with Crippen molar-refractivity contribution < 1.29 is 0 Å². The van der Waals surface area contributed by atoms with Crippen molar-refractivity contribution in [3.8, 4) is 0 Å². The molecule has 0 amide bonds. The zero-order valence-corrected chi connectivity index (χ0v) is 8.92. The van der Waals surface area contributed by atoms with Gasteiger partial charge in [0.1, 0.15) is 0 Å². The van der Waals surface area contributed by atoms with E-state index in [0.29, 0.717) is 12.0 Å². The van der Waals surface area contributed by atoms with Crippen LogP contribution in [0.25, 0.3) is 0 Å². The van der Waals surface area contributed by atoms with E-state index in [2.05, 4.69) is 23.4 Å². The van der Waals surface area contributed by atoms with Crippen molar-refractivity contribution in [3.63, 3.8) is 0 Å². The lowest BCUT2D eigenvalue weighted by molar-refractivity contribution is 0.327. The molecule has 0 spiro atoms. The van der Waals surface area contributed by atoms with Gasteiger partial charge in [-0.05, 0) is 25.8 Å². The Balaban J connectivity index is 2.36. The third kappa shape index (κ3) is 3.47. The van der Waals surface area contributed by atoms with Crippen LogP contribution < -0.4 is 5.32 Å². The number of nitrogens with one attached hydrogen (secondary N) is 1. The molecule has 2 heteroatoms. The van der Waals surface area contributed by atoms with Gasteiger partial charge in [0, 0.05) is 25.2 Å². The van der Waals surface area contributed by atoms with E-state index in [1.807, 2.05) is 7.05 Å². The van der Waals surface area contributed by atoms with Crippen LogP contribution in [0.1, 0.15) is 39.0 Å². The average molecular weight is 182 g/mol. The normalized spacial score (nSPS) is 29.7. The Bertz CT molecular complexity index is 154. The van der Waals surface area contributed by atoms with Crippen LogP contribution in [0.5, 0.6) is 0 Å². The van der Waals surface area contributed by atoms with Crippen LogP contribution in [0.4, 0.5) is 0 Å². The summed E-state index contributed by atoms with van der Waals surface area (Å²) in [5, 5.41) is 3.61. The number of hydrogen-bond donors (Lipinski definition) is 1. The van der Waals surface area contributed by atoms with Gasteiger partial charge in [-0.15, -0.1) is 0 Å². The Labute approximate surface area is 81.8 Å². The molecule has 76 valence electrons. The van der Waals surface area contributed by atoms with Crippen molar-refractivity contribution in [2.24, 2.45) is 10.9 Å². The fourth-order valence-electron chi connectivity index (χ4n) is 2.11. The van der Waals surface area contributed by atoms with Gasteiger partial charge in [-0.3, -0.25) is 0 Å². The van der Waals surface area contributed by atoms with Crippen molar-refractivity contribution in [2.75, 3.05) is 13.6 Å². The van der Waals surface area contributed by atoms with Gasteiger partial charge in [-0.1, -0.05) is 19.8 Å². The fraction of sp³-hybridized carbons (Fsp3) is 0.909. The molecule has 0 aliphatic heterocycles. The van der Waals surface area contributed by atoms with Gasteiger partial charge in [0.25, 0.3) is 0 Å². The number of nitrogens with zero attached hydrogens (tertiary/aromatic N) is 1. The van der Waals surface area contributed by atoms with Crippen LogP contribution in [-0.2, 0) is 0 Å². The molecule has 2 nitrogen and oxygen atoms in total. The maximum Gasteiger partial charge on any atom is 0.0273 e. The molecule has 1 fully saturated rings. The van der Waals surface area contributed by atoms with Crippen LogP contribution in [0, 0.1) is 5.92 Å². The predicted molar refractivity (Wildman–Crippen MR) is 58.5 cm³/mol. The molecule has 1 N–H and O–H groups in total. The highest BCUT2D eigenvalue weighted by molar-refractivity contribution is 5.61. The van der Waals surface area contributed by atoms with E-state index in [-0.39, 0.29) is 0 Å². The first kappa shape index (κ1) is 10.7. The largest absolute Gasteiger partial charge is 0.313 e. The van der Waals surface area contributed by atoms with E-state index in [4.69, 9.17) is 0 Å². The van der Waals surface area contributed by atoms with Crippen molar-refractivity contribution in [1.82, 2.24) is 5.32 Å². The summed E-state index contributed by atoms with van der Waals surface area (Å²) in [7, 11) is 1.88. The van der Waals surface area contributed by atoms with E-state index < -0.39 is 0 Å². The second kappa shape index (κ2) is 6.14. The molecule has 1 unspecified atom stereocenters. The molecule has 13 heavy (non-hydrogen) atoms. The molecular formula is C11H22N2. The van der Waals surface area contributed by atoms with Crippen LogP contribution in [0.15, 0.2) is 4.99 Å². The zero-order chi connectivity index (χ0) is 9.52. The molecular weight excluding hydrogens is 160 g/mol. The van der Waals surface area contributed by atoms with Gasteiger partial charge < -0.3 is 10.3 Å². The molecule has 0 aromatic rings. The SMILES string of the molecule is CCCN[C@H]1CCCCC1/C=N/C. The summed E-state index contributed by atoms with van der Waals surface area (Å²) in [6, 6.07) is 0.692. The molecule has 0 aromatic heterocycles. The maximum atomic E-state index is 4.15. The van der Waals surface area contributed by atoms with E-state index in [1.165, 1.54) is 32.1 Å². The second-order valence-electron chi connectivity index (χ2n) is 3.92. The molecule has 1 aliphatic carbocycles. The summed E-state index contributed by atoms with van der Waals surface area (Å²) >= 11 is 0. The lowest BCUT2D eigenvalue weighted by Gasteiger charge is -2.29. The lowest BCUT2D eigenvalue weighted by Crippen LogP contribution is -2.39. The van der Waals surface area contributed by atoms with E-state index >= 15 is 0 Å². The maximum absolute atomic E-state index is 4.15. The van der Waals surface area contributed by atoms with Gasteiger partial charge in [-0.2, -0.15) is 0 Å². The Morgan fingerprint density at radius 2 is 2.15 bits per heavy atom. The van der Waals surface area contributed by atoms with Gasteiger partial charge in [0.15, 0.2) is 0 Å². The summed E-state index contributed by atoms with van der Waals surface area (Å²) in [5.74, 6) is 0.685. The van der Waals surface area contributed by atoms with Crippen LogP contribution in [0.2, 0.25) is 0 Å². The third-order valence-corrected chi connectivity index (χ3v) is 2.82. The minimum atomic E-state index is 0.685. The predicted octanol–water partition coefficient (Wildman–Crippen LogP) is 2.25. The van der Waals surface area contributed by atoms with Crippen molar-refractivity contribution in [3.05, 3.63) is 0 Å². The summed E-state index contributed by atoms with van der Waals surface area (Å²) < 4.78 is 0. The minimum Gasteiger partial charge on any atom is -0.313 e. The molecule has 0 aromatic carbocycles. The van der Waals surface area contributed by atoms with Gasteiger partial charge in [0.2, 0.25) is 0 Å². The zero-order valence-electron chi connectivity index (χ0n) is 8.92. The summed E-state index contributed by atoms with van der Waals surface area (Å²) in [6.45, 7) is 3.37. The summed E-state index contributed by atoms with van der Waals surface area (Å²) in [6.07, 6.45) is 8.77. The minimum absolute atomic E-state index is 0.685. The lowest BCUT2D eigenvalue weighted by atomic mass is 9.85. The van der Waals surface area contributed by atoms with Gasteiger partial charge in [0.05, 0.1) is 0 Å². The van der Waals surface area contributed by atoms with Crippen LogP contribution in [0.3, 0.4) is 0 Å². The van der Waals surface area contributed by atoms with Crippen molar-refractivity contribution in [2.45, 2.75) is 45.1 Å². The standard InChI is InChI=1S/C11H22N2/c1-3-8-13-11-7-5-4-6-10(11)9-12-2/h9-11,13H,3-8H2,1-2H3/b12-9+/t10?,11-/m0/s1. The van der Waals surface area contributed by atoms with Crippen molar-refractivity contribution >= 4 is 6.21 Å². The Kier molecular flexibility index (Phi) is 5.06. The van der Waals surface area contributed by atoms with Crippen LogP contribution in [-0.4, -0.2) is 25.8 Å². The molecule has 1 saturated carbocycles. The molecule has 0 bridgehead atoms. The highest BCUT2D eigenvalue weighted by atomic mass is 14.9.